The van der Waals surface area contributed by atoms with Crippen LogP contribution in [0.2, 0.25) is 0 Å². The van der Waals surface area contributed by atoms with Crippen LogP contribution in [0.1, 0.15) is 48.3 Å². The molecule has 3 aromatic rings. The molecule has 33 heavy (non-hydrogen) atoms. The summed E-state index contributed by atoms with van der Waals surface area (Å²) in [5, 5.41) is 11.0. The topological polar surface area (TPSA) is 102 Å². The number of benzene rings is 1. The molecule has 0 radical (unpaired) electrons. The zero-order valence-corrected chi connectivity index (χ0v) is 19.1. The van der Waals surface area contributed by atoms with Crippen LogP contribution in [-0.4, -0.2) is 50.7 Å². The standard InChI is InChI=1S/C12H12FNO3.C11H15N5/c1-2-17-12(16)14-5-8-3-10(7-15)11(13)4-9(8)6-14;1-8(2)16-7-13-15-11(16)9-5-4-6-10(12-3)14-9/h3-4,7H,2,5-6H2,1H3;4-8H,1-3H3,(H,12,14). The molecule has 3 heterocycles. The number of aromatic nitrogens is 4. The minimum atomic E-state index is -0.551. The maximum Gasteiger partial charge on any atom is 0.410 e. The number of hydrogen-bond acceptors (Lipinski definition) is 7. The minimum Gasteiger partial charge on any atom is -0.450 e. The van der Waals surface area contributed by atoms with Gasteiger partial charge in [0.15, 0.2) is 12.1 Å². The second kappa shape index (κ2) is 10.7. The summed E-state index contributed by atoms with van der Waals surface area (Å²) in [6.07, 6.45) is 1.79. The van der Waals surface area contributed by atoms with Gasteiger partial charge in [0, 0.05) is 26.2 Å². The first-order valence-electron chi connectivity index (χ1n) is 10.6. The molecule has 0 unspecified atom stereocenters. The van der Waals surface area contributed by atoms with E-state index in [-0.39, 0.29) is 5.56 Å². The van der Waals surface area contributed by atoms with Crippen molar-refractivity contribution >= 4 is 18.2 Å². The average molecular weight is 455 g/mol. The fraction of sp³-hybridized carbons (Fsp3) is 0.348. The van der Waals surface area contributed by atoms with E-state index >= 15 is 0 Å². The number of aldehydes is 1. The van der Waals surface area contributed by atoms with E-state index in [1.165, 1.54) is 17.0 Å². The fourth-order valence-electron chi connectivity index (χ4n) is 3.38. The van der Waals surface area contributed by atoms with Crippen molar-refractivity contribution in [3.8, 4) is 11.5 Å². The molecule has 0 saturated carbocycles. The summed E-state index contributed by atoms with van der Waals surface area (Å²) < 4.78 is 20.2. The summed E-state index contributed by atoms with van der Waals surface area (Å²) in [6.45, 7) is 6.90. The second-order valence-corrected chi connectivity index (χ2v) is 7.63. The number of nitrogens with one attached hydrogen (secondary N) is 1. The first-order chi connectivity index (χ1) is 15.9. The summed E-state index contributed by atoms with van der Waals surface area (Å²) in [5.41, 5.74) is 2.37. The van der Waals surface area contributed by atoms with Crippen LogP contribution < -0.4 is 5.32 Å². The van der Waals surface area contributed by atoms with E-state index in [1.807, 2.05) is 29.8 Å². The van der Waals surface area contributed by atoms with Gasteiger partial charge >= 0.3 is 6.09 Å². The molecule has 1 aliphatic heterocycles. The van der Waals surface area contributed by atoms with Crippen molar-refractivity contribution in [1.82, 2.24) is 24.6 Å². The highest BCUT2D eigenvalue weighted by molar-refractivity contribution is 5.76. The minimum absolute atomic E-state index is 0.0226. The van der Waals surface area contributed by atoms with Crippen LogP contribution in [0.4, 0.5) is 15.0 Å². The number of pyridine rings is 1. The van der Waals surface area contributed by atoms with Crippen LogP contribution in [0, 0.1) is 5.82 Å². The van der Waals surface area contributed by atoms with Gasteiger partial charge in [-0.15, -0.1) is 10.2 Å². The molecule has 0 bridgehead atoms. The zero-order chi connectivity index (χ0) is 24.0. The highest BCUT2D eigenvalue weighted by Gasteiger charge is 2.25. The van der Waals surface area contributed by atoms with Gasteiger partial charge in [-0.1, -0.05) is 6.07 Å². The third kappa shape index (κ3) is 5.51. The number of anilines is 1. The largest absolute Gasteiger partial charge is 0.450 e. The van der Waals surface area contributed by atoms with Crippen molar-refractivity contribution in [2.75, 3.05) is 19.0 Å². The highest BCUT2D eigenvalue weighted by Crippen LogP contribution is 2.25. The van der Waals surface area contributed by atoms with Crippen molar-refractivity contribution in [3.63, 3.8) is 0 Å². The zero-order valence-electron chi connectivity index (χ0n) is 19.1. The predicted octanol–water partition coefficient (Wildman–Crippen LogP) is 4.07. The quantitative estimate of drug-likeness (QED) is 0.580. The first-order valence-corrected chi connectivity index (χ1v) is 10.6. The Balaban J connectivity index is 0.000000186. The lowest BCUT2D eigenvalue weighted by atomic mass is 10.1. The van der Waals surface area contributed by atoms with Gasteiger partial charge in [-0.25, -0.2) is 14.2 Å². The molecule has 10 heteroatoms. The summed E-state index contributed by atoms with van der Waals surface area (Å²) in [6, 6.07) is 8.91. The molecule has 2 aromatic heterocycles. The molecule has 4 rings (SSSR count). The lowest BCUT2D eigenvalue weighted by Gasteiger charge is -2.13. The Bertz CT molecular complexity index is 1130. The van der Waals surface area contributed by atoms with E-state index in [9.17, 15) is 14.0 Å². The van der Waals surface area contributed by atoms with Crippen molar-refractivity contribution in [1.29, 1.82) is 0 Å². The van der Waals surface area contributed by atoms with Crippen LogP contribution in [0.15, 0.2) is 36.7 Å². The van der Waals surface area contributed by atoms with E-state index in [2.05, 4.69) is 34.3 Å². The Morgan fingerprint density at radius 3 is 2.64 bits per heavy atom. The first kappa shape index (κ1) is 23.8. The number of fused-ring (bicyclic) bond motifs is 1. The molecule has 174 valence electrons. The normalized spacial score (nSPS) is 12.1. The van der Waals surface area contributed by atoms with Crippen LogP contribution in [-0.2, 0) is 17.8 Å². The number of amides is 1. The molecule has 1 aromatic carbocycles. The molecule has 0 aliphatic carbocycles. The maximum absolute atomic E-state index is 13.4. The summed E-state index contributed by atoms with van der Waals surface area (Å²) in [5.74, 6) is 1.08. The lowest BCUT2D eigenvalue weighted by molar-refractivity contribution is 0.106. The van der Waals surface area contributed by atoms with Crippen LogP contribution >= 0.6 is 0 Å². The van der Waals surface area contributed by atoms with Gasteiger partial charge in [0.1, 0.15) is 23.7 Å². The van der Waals surface area contributed by atoms with E-state index < -0.39 is 11.9 Å². The van der Waals surface area contributed by atoms with Gasteiger partial charge in [-0.3, -0.25) is 9.69 Å². The molecule has 1 N–H and O–H groups in total. The number of hydrogen-bond donors (Lipinski definition) is 1. The molecule has 0 atom stereocenters. The number of halogens is 1. The van der Waals surface area contributed by atoms with Gasteiger partial charge in [-0.05, 0) is 56.2 Å². The van der Waals surface area contributed by atoms with E-state index in [0.717, 1.165) is 28.5 Å². The van der Waals surface area contributed by atoms with Gasteiger partial charge in [0.25, 0.3) is 0 Å². The molecule has 9 nitrogen and oxygen atoms in total. The van der Waals surface area contributed by atoms with Gasteiger partial charge in [-0.2, -0.15) is 0 Å². The molecule has 0 saturated heterocycles. The Kier molecular flexibility index (Phi) is 7.70. The van der Waals surface area contributed by atoms with Gasteiger partial charge in [0.2, 0.25) is 0 Å². The number of carbonyl (C=O) groups is 2. The summed E-state index contributed by atoms with van der Waals surface area (Å²) in [4.78, 5) is 28.0. The van der Waals surface area contributed by atoms with Crippen molar-refractivity contribution < 1.29 is 18.7 Å². The fourth-order valence-corrected chi connectivity index (χ4v) is 3.38. The summed E-state index contributed by atoms with van der Waals surface area (Å²) in [7, 11) is 1.85. The van der Waals surface area contributed by atoms with Crippen LogP contribution in [0.5, 0.6) is 0 Å². The van der Waals surface area contributed by atoms with Crippen LogP contribution in [0.3, 0.4) is 0 Å². The SMILES string of the molecule is CCOC(=O)N1Cc2cc(F)c(C=O)cc2C1.CNc1cccc(-c2nncn2C(C)C)n1. The average Bonchev–Trinajstić information content (AvgIpc) is 3.46. The highest BCUT2D eigenvalue weighted by atomic mass is 19.1. The van der Waals surface area contributed by atoms with E-state index in [4.69, 9.17) is 4.74 Å². The third-order valence-corrected chi connectivity index (χ3v) is 5.06. The predicted molar refractivity (Wildman–Crippen MR) is 121 cm³/mol. The van der Waals surface area contributed by atoms with Crippen molar-refractivity contribution in [2.45, 2.75) is 39.9 Å². The molecular formula is C23H27FN6O3. The van der Waals surface area contributed by atoms with Crippen molar-refractivity contribution in [2.24, 2.45) is 0 Å². The van der Waals surface area contributed by atoms with E-state index in [0.29, 0.717) is 32.0 Å². The van der Waals surface area contributed by atoms with Crippen LogP contribution in [0.25, 0.3) is 11.5 Å². The molecule has 1 aliphatic rings. The molecular weight excluding hydrogens is 427 g/mol. The van der Waals surface area contributed by atoms with E-state index in [1.54, 1.807) is 13.3 Å². The number of rotatable bonds is 5. The van der Waals surface area contributed by atoms with Gasteiger partial charge in [0.05, 0.1) is 12.2 Å². The second-order valence-electron chi connectivity index (χ2n) is 7.63. The molecule has 0 spiro atoms. The Hall–Kier alpha value is -3.82. The molecule has 0 fully saturated rings. The molecule has 1 amide bonds. The smallest absolute Gasteiger partial charge is 0.410 e. The van der Waals surface area contributed by atoms with Gasteiger partial charge < -0.3 is 14.6 Å². The third-order valence-electron chi connectivity index (χ3n) is 5.06. The van der Waals surface area contributed by atoms with Crippen molar-refractivity contribution in [3.05, 3.63) is 59.2 Å². The Morgan fingerprint density at radius 2 is 2.00 bits per heavy atom. The maximum atomic E-state index is 13.4. The number of nitrogens with zero attached hydrogens (tertiary/aromatic N) is 5. The number of carbonyl (C=O) groups excluding carboxylic acids is 2. The Morgan fingerprint density at radius 1 is 1.27 bits per heavy atom. The Labute approximate surface area is 191 Å². The summed E-state index contributed by atoms with van der Waals surface area (Å²) >= 11 is 0. The number of ether oxygens (including phenoxy) is 1. The monoisotopic (exact) mass is 454 g/mol. The lowest BCUT2D eigenvalue weighted by Crippen LogP contribution is -2.25.